The van der Waals surface area contributed by atoms with E-state index >= 15 is 0 Å². The average molecular weight is 369 g/mol. The van der Waals surface area contributed by atoms with E-state index < -0.39 is 15.9 Å². The van der Waals surface area contributed by atoms with Gasteiger partial charge in [-0.15, -0.1) is 0 Å². The van der Waals surface area contributed by atoms with Gasteiger partial charge in [0.1, 0.15) is 16.4 Å². The van der Waals surface area contributed by atoms with Crippen molar-refractivity contribution in [1.29, 1.82) is 0 Å². The molecule has 9 heteroatoms. The van der Waals surface area contributed by atoms with Crippen LogP contribution in [0.5, 0.6) is 0 Å². The molecule has 25 heavy (non-hydrogen) atoms. The SMILES string of the molecule is Cc1cc(CNC(=O)CN(C)S(=O)(=O)c2c(C)noc2C)ccc1F. The highest BCUT2D eigenvalue weighted by molar-refractivity contribution is 7.89. The molecular formula is C16H20FN3O4S. The van der Waals surface area contributed by atoms with Gasteiger partial charge in [0.05, 0.1) is 6.54 Å². The van der Waals surface area contributed by atoms with Gasteiger partial charge in [0.15, 0.2) is 5.76 Å². The zero-order valence-corrected chi connectivity index (χ0v) is 15.3. The lowest BCUT2D eigenvalue weighted by atomic mass is 10.1. The van der Waals surface area contributed by atoms with Gasteiger partial charge in [-0.3, -0.25) is 4.79 Å². The summed E-state index contributed by atoms with van der Waals surface area (Å²) in [7, 11) is -2.57. The first-order chi connectivity index (χ1) is 11.6. The van der Waals surface area contributed by atoms with Crippen molar-refractivity contribution in [2.75, 3.05) is 13.6 Å². The number of rotatable bonds is 6. The lowest BCUT2D eigenvalue weighted by molar-refractivity contribution is -0.121. The third-order valence-corrected chi connectivity index (χ3v) is 5.76. The summed E-state index contributed by atoms with van der Waals surface area (Å²) in [6.45, 7) is 4.47. The Kier molecular flexibility index (Phi) is 5.58. The molecule has 0 unspecified atom stereocenters. The summed E-state index contributed by atoms with van der Waals surface area (Å²) in [5.74, 6) is -0.619. The molecule has 0 radical (unpaired) electrons. The number of hydrogen-bond donors (Lipinski definition) is 1. The molecule has 1 aromatic carbocycles. The first-order valence-electron chi connectivity index (χ1n) is 7.54. The maximum absolute atomic E-state index is 13.2. The van der Waals surface area contributed by atoms with Gasteiger partial charge in [-0.05, 0) is 38.0 Å². The van der Waals surface area contributed by atoms with Crippen molar-refractivity contribution in [1.82, 2.24) is 14.8 Å². The van der Waals surface area contributed by atoms with Gasteiger partial charge in [-0.2, -0.15) is 4.31 Å². The highest BCUT2D eigenvalue weighted by atomic mass is 32.2. The molecule has 0 saturated carbocycles. The number of aryl methyl sites for hydroxylation is 3. The minimum absolute atomic E-state index is 0.0306. The van der Waals surface area contributed by atoms with Crippen LogP contribution in [0.3, 0.4) is 0 Å². The number of aromatic nitrogens is 1. The van der Waals surface area contributed by atoms with Crippen LogP contribution in [-0.2, 0) is 21.4 Å². The topological polar surface area (TPSA) is 92.5 Å². The molecule has 1 aromatic heterocycles. The molecule has 0 saturated heterocycles. The first-order valence-corrected chi connectivity index (χ1v) is 8.98. The predicted molar refractivity (Wildman–Crippen MR) is 88.8 cm³/mol. The standard InChI is InChI=1S/C16H20FN3O4S/c1-10-7-13(5-6-14(10)17)8-18-15(21)9-20(4)25(22,23)16-11(2)19-24-12(16)3/h5-7H,8-9H2,1-4H3,(H,18,21). The summed E-state index contributed by atoms with van der Waals surface area (Å²) in [4.78, 5) is 12.0. The summed E-state index contributed by atoms with van der Waals surface area (Å²) >= 11 is 0. The lowest BCUT2D eigenvalue weighted by Crippen LogP contribution is -2.38. The van der Waals surface area contributed by atoms with E-state index in [0.29, 0.717) is 5.56 Å². The number of likely N-dealkylation sites (N-methyl/N-ethyl adjacent to an activating group) is 1. The van der Waals surface area contributed by atoms with Crippen molar-refractivity contribution in [3.8, 4) is 0 Å². The molecule has 1 amide bonds. The largest absolute Gasteiger partial charge is 0.360 e. The number of nitrogens with zero attached hydrogens (tertiary/aromatic N) is 2. The Morgan fingerprint density at radius 2 is 2.00 bits per heavy atom. The fraction of sp³-hybridized carbons (Fsp3) is 0.375. The molecule has 136 valence electrons. The average Bonchev–Trinajstić information content (AvgIpc) is 2.87. The van der Waals surface area contributed by atoms with Gasteiger partial charge >= 0.3 is 0 Å². The van der Waals surface area contributed by atoms with Crippen LogP contribution in [0, 0.1) is 26.6 Å². The highest BCUT2D eigenvalue weighted by Crippen LogP contribution is 2.22. The Morgan fingerprint density at radius 1 is 1.32 bits per heavy atom. The fourth-order valence-corrected chi connectivity index (χ4v) is 3.77. The van der Waals surface area contributed by atoms with Crippen LogP contribution in [0.1, 0.15) is 22.6 Å². The quantitative estimate of drug-likeness (QED) is 0.836. The van der Waals surface area contributed by atoms with Crippen molar-refractivity contribution in [3.63, 3.8) is 0 Å². The van der Waals surface area contributed by atoms with E-state index in [-0.39, 0.29) is 35.3 Å². The number of carbonyl (C=O) groups excluding carboxylic acids is 1. The van der Waals surface area contributed by atoms with E-state index in [9.17, 15) is 17.6 Å². The maximum Gasteiger partial charge on any atom is 0.248 e. The summed E-state index contributed by atoms with van der Waals surface area (Å²) in [5, 5.41) is 6.24. The molecule has 0 bridgehead atoms. The third kappa shape index (κ3) is 4.23. The molecule has 0 atom stereocenters. The zero-order valence-electron chi connectivity index (χ0n) is 14.5. The van der Waals surface area contributed by atoms with E-state index in [1.54, 1.807) is 19.1 Å². The van der Waals surface area contributed by atoms with Crippen molar-refractivity contribution in [2.45, 2.75) is 32.2 Å². The van der Waals surface area contributed by atoms with Crippen molar-refractivity contribution in [2.24, 2.45) is 0 Å². The number of amides is 1. The molecule has 0 aliphatic carbocycles. The molecular weight excluding hydrogens is 349 g/mol. The van der Waals surface area contributed by atoms with Crippen molar-refractivity contribution >= 4 is 15.9 Å². The normalized spacial score (nSPS) is 11.8. The predicted octanol–water partition coefficient (Wildman–Crippen LogP) is 1.68. The molecule has 0 fully saturated rings. The summed E-state index contributed by atoms with van der Waals surface area (Å²) in [6.07, 6.45) is 0. The van der Waals surface area contributed by atoms with Gasteiger partial charge in [-0.1, -0.05) is 17.3 Å². The van der Waals surface area contributed by atoms with E-state index in [0.717, 1.165) is 9.87 Å². The number of halogens is 1. The van der Waals surface area contributed by atoms with Crippen LogP contribution in [-0.4, -0.2) is 37.4 Å². The number of sulfonamides is 1. The van der Waals surface area contributed by atoms with Gasteiger partial charge < -0.3 is 9.84 Å². The monoisotopic (exact) mass is 369 g/mol. The van der Waals surface area contributed by atoms with E-state index in [1.165, 1.54) is 27.0 Å². The Hall–Kier alpha value is -2.26. The molecule has 2 rings (SSSR count). The van der Waals surface area contributed by atoms with E-state index in [1.807, 2.05) is 0 Å². The fourth-order valence-electron chi connectivity index (χ4n) is 2.36. The van der Waals surface area contributed by atoms with Crippen LogP contribution in [0.15, 0.2) is 27.6 Å². The Morgan fingerprint density at radius 3 is 2.56 bits per heavy atom. The zero-order chi connectivity index (χ0) is 18.8. The Bertz CT molecular complexity index is 873. The second-order valence-electron chi connectivity index (χ2n) is 5.77. The smallest absolute Gasteiger partial charge is 0.248 e. The molecule has 2 aromatic rings. The highest BCUT2D eigenvalue weighted by Gasteiger charge is 2.29. The second kappa shape index (κ2) is 7.32. The second-order valence-corrected chi connectivity index (χ2v) is 7.76. The minimum atomic E-state index is -3.88. The van der Waals surface area contributed by atoms with Crippen molar-refractivity contribution < 1.29 is 22.1 Å². The van der Waals surface area contributed by atoms with Gasteiger partial charge in [-0.25, -0.2) is 12.8 Å². The summed E-state index contributed by atoms with van der Waals surface area (Å²) in [5.41, 5.74) is 1.44. The molecule has 7 nitrogen and oxygen atoms in total. The molecule has 0 aliphatic heterocycles. The molecule has 1 heterocycles. The maximum atomic E-state index is 13.2. The van der Waals surface area contributed by atoms with Gasteiger partial charge in [0, 0.05) is 13.6 Å². The third-order valence-electron chi connectivity index (χ3n) is 3.71. The van der Waals surface area contributed by atoms with Crippen LogP contribution < -0.4 is 5.32 Å². The lowest BCUT2D eigenvalue weighted by Gasteiger charge is -2.16. The van der Waals surface area contributed by atoms with Gasteiger partial charge in [0.25, 0.3) is 0 Å². The van der Waals surface area contributed by atoms with E-state index in [2.05, 4.69) is 10.5 Å². The summed E-state index contributed by atoms with van der Waals surface area (Å²) in [6, 6.07) is 4.51. The van der Waals surface area contributed by atoms with Crippen LogP contribution >= 0.6 is 0 Å². The Labute approximate surface area is 145 Å². The number of nitrogens with one attached hydrogen (secondary N) is 1. The molecule has 0 aliphatic rings. The number of carbonyl (C=O) groups is 1. The van der Waals surface area contributed by atoms with E-state index in [4.69, 9.17) is 4.52 Å². The molecule has 0 spiro atoms. The summed E-state index contributed by atoms with van der Waals surface area (Å²) < 4.78 is 44.1. The number of hydrogen-bond acceptors (Lipinski definition) is 5. The number of benzene rings is 1. The Balaban J connectivity index is 2.01. The van der Waals surface area contributed by atoms with Gasteiger partial charge in [0.2, 0.25) is 15.9 Å². The van der Waals surface area contributed by atoms with Crippen LogP contribution in [0.2, 0.25) is 0 Å². The first kappa shape index (κ1) is 19.1. The van der Waals surface area contributed by atoms with Crippen LogP contribution in [0.25, 0.3) is 0 Å². The van der Waals surface area contributed by atoms with Crippen molar-refractivity contribution in [3.05, 3.63) is 46.6 Å². The minimum Gasteiger partial charge on any atom is -0.360 e. The molecule has 1 N–H and O–H groups in total. The van der Waals surface area contributed by atoms with Crippen LogP contribution in [0.4, 0.5) is 4.39 Å².